The standard InChI is InChI=1S/C12H21N3O5/c1-12(20)4-6-15(7-5-12)11(19)14-8(10(17)18)2-3-9(13)16/h8,20H,2-7H2,1H3,(H2,13,16)(H,14,19)(H,17,18)/t8-/m0/s1. The number of nitrogens with one attached hydrogen (secondary N) is 1. The number of carbonyl (C=O) groups is 3. The maximum atomic E-state index is 11.9. The van der Waals surface area contributed by atoms with Crippen LogP contribution in [-0.2, 0) is 9.59 Å². The number of carboxylic acid groups (broad SMARTS) is 1. The summed E-state index contributed by atoms with van der Waals surface area (Å²) in [4.78, 5) is 35.1. The van der Waals surface area contributed by atoms with Crippen LogP contribution in [0.1, 0.15) is 32.6 Å². The first-order valence-electron chi connectivity index (χ1n) is 6.50. The molecule has 20 heavy (non-hydrogen) atoms. The molecule has 0 bridgehead atoms. The molecule has 1 rings (SSSR count). The highest BCUT2D eigenvalue weighted by Gasteiger charge is 2.31. The number of piperidine rings is 1. The molecule has 3 amide bonds. The summed E-state index contributed by atoms with van der Waals surface area (Å²) in [5.41, 5.74) is 4.18. The predicted molar refractivity (Wildman–Crippen MR) is 69.8 cm³/mol. The molecule has 0 aromatic heterocycles. The van der Waals surface area contributed by atoms with Crippen molar-refractivity contribution in [1.82, 2.24) is 10.2 Å². The molecule has 0 aromatic rings. The number of aliphatic hydroxyl groups is 1. The third-order valence-corrected chi connectivity index (χ3v) is 3.40. The number of rotatable bonds is 5. The van der Waals surface area contributed by atoms with Crippen LogP contribution < -0.4 is 11.1 Å². The van der Waals surface area contributed by atoms with Gasteiger partial charge in [-0.3, -0.25) is 4.79 Å². The molecular formula is C12H21N3O5. The maximum absolute atomic E-state index is 11.9. The van der Waals surface area contributed by atoms with E-state index < -0.39 is 29.6 Å². The Labute approximate surface area is 116 Å². The number of nitrogens with two attached hydrogens (primary N) is 1. The summed E-state index contributed by atoms with van der Waals surface area (Å²) >= 11 is 0. The first kappa shape index (κ1) is 16.2. The summed E-state index contributed by atoms with van der Waals surface area (Å²) in [6.07, 6.45) is 0.743. The lowest BCUT2D eigenvalue weighted by molar-refractivity contribution is -0.139. The molecule has 1 aliphatic heterocycles. The number of carbonyl (C=O) groups excluding carboxylic acids is 2. The van der Waals surface area contributed by atoms with Crippen LogP contribution >= 0.6 is 0 Å². The van der Waals surface area contributed by atoms with Crippen molar-refractivity contribution in [3.63, 3.8) is 0 Å². The van der Waals surface area contributed by atoms with Crippen LogP contribution in [0.2, 0.25) is 0 Å². The Balaban J connectivity index is 2.50. The first-order chi connectivity index (χ1) is 9.21. The van der Waals surface area contributed by atoms with Gasteiger partial charge in [-0.25, -0.2) is 9.59 Å². The number of likely N-dealkylation sites (tertiary alicyclic amines) is 1. The highest BCUT2D eigenvalue weighted by Crippen LogP contribution is 2.21. The Bertz CT molecular complexity index is 387. The highest BCUT2D eigenvalue weighted by atomic mass is 16.4. The summed E-state index contributed by atoms with van der Waals surface area (Å²) < 4.78 is 0. The Morgan fingerprint density at radius 3 is 2.35 bits per heavy atom. The fourth-order valence-electron chi connectivity index (χ4n) is 1.98. The van der Waals surface area contributed by atoms with Crippen LogP contribution in [0.5, 0.6) is 0 Å². The van der Waals surface area contributed by atoms with Gasteiger partial charge in [0.05, 0.1) is 5.60 Å². The number of urea groups is 1. The minimum Gasteiger partial charge on any atom is -0.480 e. The second-order valence-corrected chi connectivity index (χ2v) is 5.33. The van der Waals surface area contributed by atoms with E-state index in [9.17, 15) is 19.5 Å². The van der Waals surface area contributed by atoms with E-state index >= 15 is 0 Å². The van der Waals surface area contributed by atoms with Crippen molar-refractivity contribution in [3.05, 3.63) is 0 Å². The molecule has 0 spiro atoms. The van der Waals surface area contributed by atoms with Gasteiger partial charge in [0.15, 0.2) is 0 Å². The zero-order valence-corrected chi connectivity index (χ0v) is 11.5. The third kappa shape index (κ3) is 5.04. The SMILES string of the molecule is CC1(O)CCN(C(=O)N[C@@H](CCC(N)=O)C(=O)O)CC1. The molecule has 1 aliphatic rings. The lowest BCUT2D eigenvalue weighted by Gasteiger charge is -2.36. The highest BCUT2D eigenvalue weighted by molar-refractivity contribution is 5.83. The Morgan fingerprint density at radius 1 is 1.35 bits per heavy atom. The monoisotopic (exact) mass is 287 g/mol. The second kappa shape index (κ2) is 6.56. The van der Waals surface area contributed by atoms with Crippen molar-refractivity contribution in [2.45, 2.75) is 44.2 Å². The molecule has 0 aromatic carbocycles. The van der Waals surface area contributed by atoms with Crippen molar-refractivity contribution >= 4 is 17.9 Å². The zero-order chi connectivity index (χ0) is 15.3. The van der Waals surface area contributed by atoms with E-state index in [4.69, 9.17) is 10.8 Å². The van der Waals surface area contributed by atoms with Crippen LogP contribution in [-0.4, -0.2) is 57.8 Å². The minimum atomic E-state index is -1.20. The summed E-state index contributed by atoms with van der Waals surface area (Å²) in [5.74, 6) is -1.82. The Kier molecular flexibility index (Phi) is 5.32. The van der Waals surface area contributed by atoms with Gasteiger partial charge in [0.2, 0.25) is 5.91 Å². The van der Waals surface area contributed by atoms with Crippen molar-refractivity contribution in [2.75, 3.05) is 13.1 Å². The molecular weight excluding hydrogens is 266 g/mol. The van der Waals surface area contributed by atoms with Crippen LogP contribution in [0, 0.1) is 0 Å². The smallest absolute Gasteiger partial charge is 0.326 e. The van der Waals surface area contributed by atoms with Gasteiger partial charge in [0.1, 0.15) is 6.04 Å². The van der Waals surface area contributed by atoms with Crippen LogP contribution in [0.3, 0.4) is 0 Å². The summed E-state index contributed by atoms with van der Waals surface area (Å²) in [6, 6.07) is -1.64. The molecule has 0 aliphatic carbocycles. The van der Waals surface area contributed by atoms with Gasteiger partial charge in [-0.05, 0) is 26.2 Å². The lowest BCUT2D eigenvalue weighted by atomic mass is 9.94. The molecule has 1 atom stereocenters. The molecule has 1 fully saturated rings. The molecule has 5 N–H and O–H groups in total. The maximum Gasteiger partial charge on any atom is 0.326 e. The fraction of sp³-hybridized carbons (Fsp3) is 0.750. The fourth-order valence-corrected chi connectivity index (χ4v) is 1.98. The topological polar surface area (TPSA) is 133 Å². The van der Waals surface area contributed by atoms with Gasteiger partial charge in [-0.15, -0.1) is 0 Å². The van der Waals surface area contributed by atoms with Gasteiger partial charge < -0.3 is 26.2 Å². The molecule has 8 nitrogen and oxygen atoms in total. The van der Waals surface area contributed by atoms with Crippen molar-refractivity contribution < 1.29 is 24.6 Å². The van der Waals surface area contributed by atoms with Crippen molar-refractivity contribution in [1.29, 1.82) is 0 Å². The number of aliphatic carboxylic acids is 1. The lowest BCUT2D eigenvalue weighted by Crippen LogP contribution is -2.52. The van der Waals surface area contributed by atoms with Crippen molar-refractivity contribution in [3.8, 4) is 0 Å². The summed E-state index contributed by atoms with van der Waals surface area (Å²) in [7, 11) is 0. The van der Waals surface area contributed by atoms with E-state index in [1.807, 2.05) is 0 Å². The van der Waals surface area contributed by atoms with Crippen LogP contribution in [0.25, 0.3) is 0 Å². The van der Waals surface area contributed by atoms with Crippen LogP contribution in [0.15, 0.2) is 0 Å². The van der Waals surface area contributed by atoms with E-state index in [1.54, 1.807) is 6.92 Å². The van der Waals surface area contributed by atoms with Gasteiger partial charge in [-0.1, -0.05) is 0 Å². The van der Waals surface area contributed by atoms with Crippen LogP contribution in [0.4, 0.5) is 4.79 Å². The Hall–Kier alpha value is -1.83. The average Bonchev–Trinajstić information content (AvgIpc) is 2.33. The van der Waals surface area contributed by atoms with Gasteiger partial charge >= 0.3 is 12.0 Å². The minimum absolute atomic E-state index is 0.0397. The largest absolute Gasteiger partial charge is 0.480 e. The van der Waals surface area contributed by atoms with E-state index in [1.165, 1.54) is 4.90 Å². The van der Waals surface area contributed by atoms with E-state index in [2.05, 4.69) is 5.32 Å². The molecule has 8 heteroatoms. The van der Waals surface area contributed by atoms with E-state index in [-0.39, 0.29) is 12.8 Å². The first-order valence-corrected chi connectivity index (χ1v) is 6.50. The number of hydrogen-bond donors (Lipinski definition) is 4. The second-order valence-electron chi connectivity index (χ2n) is 5.33. The van der Waals surface area contributed by atoms with Gasteiger partial charge in [-0.2, -0.15) is 0 Å². The predicted octanol–water partition coefficient (Wildman–Crippen LogP) is -0.738. The van der Waals surface area contributed by atoms with Crippen molar-refractivity contribution in [2.24, 2.45) is 5.73 Å². The van der Waals surface area contributed by atoms with Gasteiger partial charge in [0.25, 0.3) is 0 Å². The molecule has 0 saturated carbocycles. The molecule has 1 heterocycles. The molecule has 114 valence electrons. The number of carboxylic acids is 1. The number of amides is 3. The normalized spacial score (nSPS) is 19.2. The quantitative estimate of drug-likeness (QED) is 0.528. The Morgan fingerprint density at radius 2 is 1.90 bits per heavy atom. The zero-order valence-electron chi connectivity index (χ0n) is 11.5. The molecule has 1 saturated heterocycles. The summed E-state index contributed by atoms with van der Waals surface area (Å²) in [6.45, 7) is 2.43. The van der Waals surface area contributed by atoms with E-state index in [0.717, 1.165) is 0 Å². The number of primary amides is 1. The number of nitrogens with zero attached hydrogens (tertiary/aromatic N) is 1. The number of hydrogen-bond acceptors (Lipinski definition) is 4. The average molecular weight is 287 g/mol. The van der Waals surface area contributed by atoms with Gasteiger partial charge in [0, 0.05) is 19.5 Å². The third-order valence-electron chi connectivity index (χ3n) is 3.40. The molecule has 0 unspecified atom stereocenters. The van der Waals surface area contributed by atoms with E-state index in [0.29, 0.717) is 25.9 Å². The summed E-state index contributed by atoms with van der Waals surface area (Å²) in [5, 5.41) is 21.1. The molecule has 0 radical (unpaired) electrons.